The third-order valence-corrected chi connectivity index (χ3v) is 4.85. The summed E-state index contributed by atoms with van der Waals surface area (Å²) in [5, 5.41) is 65.6. The molecular weight excluding hydrogens is 424 g/mol. The summed E-state index contributed by atoms with van der Waals surface area (Å²) in [5.74, 6) is -11.9. The fourth-order valence-electron chi connectivity index (χ4n) is 2.31. The lowest BCUT2D eigenvalue weighted by Crippen LogP contribution is -2.70. The van der Waals surface area contributed by atoms with Gasteiger partial charge in [0.1, 0.15) is 16.9 Å². The van der Waals surface area contributed by atoms with Crippen LogP contribution in [-0.2, 0) is 10.0 Å². The number of anilines is 1. The zero-order valence-corrected chi connectivity index (χ0v) is 16.2. The van der Waals surface area contributed by atoms with Gasteiger partial charge in [0.2, 0.25) is 15.8 Å². The van der Waals surface area contributed by atoms with Gasteiger partial charge in [0, 0.05) is 5.56 Å². The largest absolute Gasteiger partial charge is 0.454 e. The third kappa shape index (κ3) is 4.75. The molecule has 0 amide bonds. The van der Waals surface area contributed by atoms with Crippen molar-refractivity contribution in [3.8, 4) is 11.5 Å². The van der Waals surface area contributed by atoms with Crippen LogP contribution >= 0.6 is 0 Å². The first-order chi connectivity index (χ1) is 13.6. The van der Waals surface area contributed by atoms with Crippen molar-refractivity contribution in [1.82, 2.24) is 0 Å². The van der Waals surface area contributed by atoms with Crippen LogP contribution < -0.4 is 15.2 Å². The Morgan fingerprint density at radius 1 is 1.03 bits per heavy atom. The molecule has 0 saturated heterocycles. The van der Waals surface area contributed by atoms with Crippen LogP contribution in [0.1, 0.15) is 17.3 Å². The van der Waals surface area contributed by atoms with Crippen LogP contribution in [0.4, 0.5) is 5.69 Å². The molecular formula is C17H20N2O10S. The topological polar surface area (TPSA) is 220 Å². The first kappa shape index (κ1) is 23.7. The highest BCUT2D eigenvalue weighted by Gasteiger charge is 2.60. The van der Waals surface area contributed by atoms with Crippen LogP contribution in [0, 0.1) is 0 Å². The van der Waals surface area contributed by atoms with Gasteiger partial charge in [-0.25, -0.2) is 13.6 Å². The van der Waals surface area contributed by atoms with E-state index in [2.05, 4.69) is 0 Å². The number of sulfonamides is 1. The molecule has 164 valence electrons. The summed E-state index contributed by atoms with van der Waals surface area (Å²) in [7, 11) is -4.54. The average molecular weight is 444 g/mol. The maximum atomic E-state index is 12.0. The minimum Gasteiger partial charge on any atom is -0.454 e. The van der Waals surface area contributed by atoms with Gasteiger partial charge < -0.3 is 40.7 Å². The Bertz CT molecular complexity index is 1030. The summed E-state index contributed by atoms with van der Waals surface area (Å²) in [6, 6.07) is 9.25. The first-order valence-electron chi connectivity index (χ1n) is 8.11. The van der Waals surface area contributed by atoms with Gasteiger partial charge in [-0.15, -0.1) is 0 Å². The fourth-order valence-corrected chi connectivity index (χ4v) is 3.02. The number of nitrogens with two attached hydrogens (primary N) is 1. The predicted molar refractivity (Wildman–Crippen MR) is 101 cm³/mol. The van der Waals surface area contributed by atoms with Crippen molar-refractivity contribution in [2.45, 2.75) is 29.3 Å². The van der Waals surface area contributed by atoms with Crippen LogP contribution in [-0.4, -0.2) is 62.8 Å². The number of para-hydroxylation sites is 1. The highest BCUT2D eigenvalue weighted by molar-refractivity contribution is 7.89. The molecule has 0 saturated carbocycles. The molecule has 12 nitrogen and oxygen atoms in total. The van der Waals surface area contributed by atoms with E-state index in [1.165, 1.54) is 24.3 Å². The summed E-state index contributed by atoms with van der Waals surface area (Å²) in [4.78, 5) is 10.5. The van der Waals surface area contributed by atoms with Gasteiger partial charge in [-0.1, -0.05) is 18.2 Å². The van der Waals surface area contributed by atoms with E-state index in [0.717, 1.165) is 12.1 Å². The molecule has 13 heteroatoms. The second-order valence-corrected chi connectivity index (χ2v) is 7.99. The van der Waals surface area contributed by atoms with E-state index in [-0.39, 0.29) is 17.6 Å². The molecule has 0 bridgehead atoms. The number of primary sulfonamides is 1. The predicted octanol–water partition coefficient (Wildman–Crippen LogP) is -1.63. The Balaban J connectivity index is 2.72. The van der Waals surface area contributed by atoms with E-state index >= 15 is 0 Å². The summed E-state index contributed by atoms with van der Waals surface area (Å²) >= 11 is 0. The van der Waals surface area contributed by atoms with Crippen molar-refractivity contribution in [3.05, 3.63) is 48.0 Å². The average Bonchev–Trinajstić information content (AvgIpc) is 2.61. The lowest BCUT2D eigenvalue weighted by atomic mass is 10.0. The first-order valence-corrected chi connectivity index (χ1v) is 9.66. The second-order valence-electron chi connectivity index (χ2n) is 6.46. The SMILES string of the molecule is CC(O)(O)C(O)(O)C(O)(O)Nc1cc(C=O)cc(S(N)(=O)=O)c1Oc1ccccc1. The van der Waals surface area contributed by atoms with Crippen molar-refractivity contribution < 1.29 is 48.6 Å². The van der Waals surface area contributed by atoms with Crippen molar-refractivity contribution in [2.24, 2.45) is 5.14 Å². The number of nitrogens with one attached hydrogen (secondary N) is 1. The molecule has 0 unspecified atom stereocenters. The summed E-state index contributed by atoms with van der Waals surface area (Å²) in [5.41, 5.74) is -0.982. The molecule has 0 aliphatic heterocycles. The number of aldehydes is 1. The molecule has 30 heavy (non-hydrogen) atoms. The van der Waals surface area contributed by atoms with Gasteiger partial charge >= 0.3 is 5.91 Å². The molecule has 0 spiro atoms. The van der Waals surface area contributed by atoms with Crippen LogP contribution in [0.15, 0.2) is 47.4 Å². The van der Waals surface area contributed by atoms with Crippen LogP contribution in [0.3, 0.4) is 0 Å². The number of carbonyl (C=O) groups excluding carboxylic acids is 1. The highest BCUT2D eigenvalue weighted by Crippen LogP contribution is 2.39. The van der Waals surface area contributed by atoms with Crippen molar-refractivity contribution in [1.29, 1.82) is 0 Å². The maximum Gasteiger partial charge on any atom is 0.307 e. The second kappa shape index (κ2) is 7.90. The van der Waals surface area contributed by atoms with Crippen molar-refractivity contribution in [3.63, 3.8) is 0 Å². The van der Waals surface area contributed by atoms with Gasteiger partial charge in [0.15, 0.2) is 5.75 Å². The number of hydrogen-bond acceptors (Lipinski definition) is 11. The Hall–Kier alpha value is -2.62. The number of rotatable bonds is 8. The van der Waals surface area contributed by atoms with E-state index in [0.29, 0.717) is 6.92 Å². The van der Waals surface area contributed by atoms with Crippen LogP contribution in [0.2, 0.25) is 0 Å². The van der Waals surface area contributed by atoms with E-state index in [9.17, 15) is 43.9 Å². The molecule has 0 fully saturated rings. The number of aliphatic hydroxyl groups is 6. The van der Waals surface area contributed by atoms with Gasteiger partial charge in [-0.05, 0) is 31.2 Å². The Morgan fingerprint density at radius 2 is 1.60 bits per heavy atom. The standard InChI is InChI=1S/C17H20N2O10S/c1-15(21,22)16(23,24)17(25,26)19-12-7-10(9-20)8-13(30(18,27)28)14(12)29-11-5-3-2-4-6-11/h2-9,19,21-26H,1H3,(H2,18,27,28). The zero-order valence-electron chi connectivity index (χ0n) is 15.4. The summed E-state index contributed by atoms with van der Waals surface area (Å²) in [6.07, 6.45) is 0.204. The lowest BCUT2D eigenvalue weighted by Gasteiger charge is -2.41. The third-order valence-electron chi connectivity index (χ3n) is 3.94. The van der Waals surface area contributed by atoms with Gasteiger partial charge in [-0.3, -0.25) is 4.79 Å². The lowest BCUT2D eigenvalue weighted by molar-refractivity contribution is -0.438. The van der Waals surface area contributed by atoms with Gasteiger partial charge in [-0.2, -0.15) is 0 Å². The minimum atomic E-state index is -4.54. The summed E-state index contributed by atoms with van der Waals surface area (Å²) in [6.45, 7) is 0.439. The number of ether oxygens (including phenoxy) is 1. The van der Waals surface area contributed by atoms with Gasteiger partial charge in [0.25, 0.3) is 5.79 Å². The highest BCUT2D eigenvalue weighted by atomic mass is 32.2. The minimum absolute atomic E-state index is 0.0687. The summed E-state index contributed by atoms with van der Waals surface area (Å²) < 4.78 is 29.5. The van der Waals surface area contributed by atoms with E-state index in [1.807, 2.05) is 0 Å². The van der Waals surface area contributed by atoms with E-state index in [4.69, 9.17) is 9.88 Å². The monoisotopic (exact) mass is 444 g/mol. The fraction of sp³-hybridized carbons (Fsp3) is 0.235. The Kier molecular flexibility index (Phi) is 6.23. The molecule has 0 heterocycles. The molecule has 0 aromatic heterocycles. The molecule has 0 aliphatic carbocycles. The molecule has 0 aliphatic rings. The Morgan fingerprint density at radius 3 is 2.07 bits per heavy atom. The van der Waals surface area contributed by atoms with Gasteiger partial charge in [0.05, 0.1) is 5.69 Å². The molecule has 9 N–H and O–H groups in total. The molecule has 2 aromatic carbocycles. The van der Waals surface area contributed by atoms with Crippen molar-refractivity contribution in [2.75, 3.05) is 5.32 Å². The van der Waals surface area contributed by atoms with Crippen molar-refractivity contribution >= 4 is 22.0 Å². The molecule has 0 radical (unpaired) electrons. The Labute approximate surface area is 170 Å². The number of hydrogen-bond donors (Lipinski definition) is 8. The van der Waals surface area contributed by atoms with E-state index in [1.54, 1.807) is 11.4 Å². The van der Waals surface area contributed by atoms with Crippen LogP contribution in [0.5, 0.6) is 11.5 Å². The smallest absolute Gasteiger partial charge is 0.307 e. The number of benzene rings is 2. The normalized spacial score (nSPS) is 13.1. The molecule has 2 aromatic rings. The van der Waals surface area contributed by atoms with E-state index < -0.39 is 43.8 Å². The molecule has 0 atom stereocenters. The number of carbonyl (C=O) groups is 1. The molecule has 2 rings (SSSR count). The quantitative estimate of drug-likeness (QED) is 0.171. The van der Waals surface area contributed by atoms with Crippen LogP contribution in [0.25, 0.3) is 0 Å². The zero-order chi connectivity index (χ0) is 23.0. The maximum absolute atomic E-state index is 12.0.